The average molecular weight is 367 g/mol. The van der Waals surface area contributed by atoms with Crippen LogP contribution in [-0.2, 0) is 27.9 Å². The molecule has 1 fully saturated rings. The van der Waals surface area contributed by atoms with Crippen LogP contribution in [0.3, 0.4) is 0 Å². The van der Waals surface area contributed by atoms with E-state index in [0.717, 1.165) is 0 Å². The maximum absolute atomic E-state index is 12.0. The number of hydrazone groups is 1. The Morgan fingerprint density at radius 2 is 2.08 bits per heavy atom. The minimum Gasteiger partial charge on any atom is -0.387 e. The number of carbonyl (C=O) groups excluding carboxylic acids is 2. The second-order valence-corrected chi connectivity index (χ2v) is 6.54. The van der Waals surface area contributed by atoms with Crippen LogP contribution in [0.25, 0.3) is 0 Å². The zero-order valence-corrected chi connectivity index (χ0v) is 13.5. The van der Waals surface area contributed by atoms with Crippen LogP contribution in [0.4, 0.5) is 0 Å². The Morgan fingerprint density at radius 3 is 2.62 bits per heavy atom. The molecule has 13 heteroatoms. The molecule has 2 rings (SSSR count). The highest BCUT2D eigenvalue weighted by Crippen LogP contribution is 2.43. The van der Waals surface area contributed by atoms with Crippen molar-refractivity contribution < 1.29 is 43.0 Å². The molecule has 2 aliphatic rings. The van der Waals surface area contributed by atoms with Crippen LogP contribution in [0.1, 0.15) is 6.92 Å². The van der Waals surface area contributed by atoms with Crippen molar-refractivity contribution in [2.45, 2.75) is 37.4 Å². The third kappa shape index (κ3) is 3.81. The number of aliphatic hydroxyl groups is 2. The Balaban J connectivity index is 2.02. The van der Waals surface area contributed by atoms with E-state index in [1.54, 1.807) is 0 Å². The highest BCUT2D eigenvalue weighted by Gasteiger charge is 2.50. The van der Waals surface area contributed by atoms with E-state index in [4.69, 9.17) is 10.5 Å². The minimum atomic E-state index is -4.31. The van der Waals surface area contributed by atoms with Gasteiger partial charge in [0.15, 0.2) is 6.04 Å². The van der Waals surface area contributed by atoms with Gasteiger partial charge in [-0.2, -0.15) is 5.10 Å². The third-order valence-corrected chi connectivity index (χ3v) is 4.50. The number of rotatable bonds is 7. The van der Waals surface area contributed by atoms with Gasteiger partial charge in [0.25, 0.3) is 0 Å². The lowest BCUT2D eigenvalue weighted by atomic mass is 9.99. The summed E-state index contributed by atoms with van der Waals surface area (Å²) in [5, 5.41) is 23.5. The topological polar surface area (TPSA) is 190 Å². The molecule has 0 aromatic heterocycles. The lowest BCUT2D eigenvalue weighted by Crippen LogP contribution is -2.46. The molecule has 2 aliphatic heterocycles. The summed E-state index contributed by atoms with van der Waals surface area (Å²) in [5.41, 5.74) is 6.92. The van der Waals surface area contributed by atoms with Gasteiger partial charge < -0.3 is 25.6 Å². The molecule has 24 heavy (non-hydrogen) atoms. The second-order valence-electron chi connectivity index (χ2n) is 5.08. The summed E-state index contributed by atoms with van der Waals surface area (Å²) in [6, 6.07) is -1.38. The standard InChI is InChI=1S/C11H18N3O9P/c1-2-21-24(19,20)22-3-4-7(15)9(17)10(23-4)5-8(16)6(11(12)18)14-13-5/h4,6-7,9-10,14-15,17H,2-3H2,1H3,(H2,12,18)(H,19,20)/t4-,6?,7-,9-,10+/m1/s1. The van der Waals surface area contributed by atoms with Crippen molar-refractivity contribution in [2.75, 3.05) is 13.2 Å². The fourth-order valence-corrected chi connectivity index (χ4v) is 3.01. The predicted molar refractivity (Wildman–Crippen MR) is 76.6 cm³/mol. The lowest BCUT2D eigenvalue weighted by molar-refractivity contribution is -0.125. The highest BCUT2D eigenvalue weighted by molar-refractivity contribution is 7.47. The summed E-state index contributed by atoms with van der Waals surface area (Å²) in [5.74, 6) is -1.74. The largest absolute Gasteiger partial charge is 0.472 e. The van der Waals surface area contributed by atoms with E-state index in [2.05, 4.69) is 19.6 Å². The Morgan fingerprint density at radius 1 is 1.42 bits per heavy atom. The number of hydrogen-bond donors (Lipinski definition) is 5. The SMILES string of the molecule is CCOP(=O)(O)OC[C@H]1O[C@@H](C2=NNC(C(N)=O)C2=O)[C@H](O)[C@@H]1O. The summed E-state index contributed by atoms with van der Waals surface area (Å²) in [6.07, 6.45) is -5.63. The van der Waals surface area contributed by atoms with Gasteiger partial charge in [-0.25, -0.2) is 4.57 Å². The van der Waals surface area contributed by atoms with E-state index >= 15 is 0 Å². The second kappa shape index (κ2) is 7.23. The molecule has 0 radical (unpaired) electrons. The first-order valence-corrected chi connectivity index (χ1v) is 8.47. The van der Waals surface area contributed by atoms with Crippen LogP contribution in [0.5, 0.6) is 0 Å². The first-order chi connectivity index (χ1) is 11.2. The summed E-state index contributed by atoms with van der Waals surface area (Å²) < 4.78 is 25.9. The molecular weight excluding hydrogens is 349 g/mol. The number of Topliss-reactive ketones (excluding diaryl/α,β-unsaturated/α-hetero) is 1. The predicted octanol–water partition coefficient (Wildman–Crippen LogP) is -2.99. The Hall–Kier alpha value is -1.40. The molecule has 6 atom stereocenters. The lowest BCUT2D eigenvalue weighted by Gasteiger charge is -2.16. The number of carbonyl (C=O) groups is 2. The number of aliphatic hydroxyl groups excluding tert-OH is 2. The van der Waals surface area contributed by atoms with Crippen molar-refractivity contribution in [3.8, 4) is 0 Å². The number of ketones is 1. The molecular formula is C11H18N3O9P. The van der Waals surface area contributed by atoms with Gasteiger partial charge in [0.1, 0.15) is 30.1 Å². The number of nitrogens with one attached hydrogen (secondary N) is 1. The van der Waals surface area contributed by atoms with Crippen molar-refractivity contribution in [1.82, 2.24) is 5.43 Å². The van der Waals surface area contributed by atoms with Crippen LogP contribution in [-0.4, -0.2) is 76.2 Å². The van der Waals surface area contributed by atoms with Crippen molar-refractivity contribution in [3.63, 3.8) is 0 Å². The summed E-state index contributed by atoms with van der Waals surface area (Å²) >= 11 is 0. The minimum absolute atomic E-state index is 0.0708. The van der Waals surface area contributed by atoms with Crippen molar-refractivity contribution in [3.05, 3.63) is 0 Å². The van der Waals surface area contributed by atoms with Gasteiger partial charge in [-0.05, 0) is 6.92 Å². The Kier molecular flexibility index (Phi) is 5.71. The zero-order valence-electron chi connectivity index (χ0n) is 12.6. The van der Waals surface area contributed by atoms with Gasteiger partial charge in [-0.3, -0.25) is 24.1 Å². The van der Waals surface area contributed by atoms with Crippen LogP contribution >= 0.6 is 7.82 Å². The van der Waals surface area contributed by atoms with E-state index in [1.165, 1.54) is 6.92 Å². The van der Waals surface area contributed by atoms with Crippen molar-refractivity contribution in [2.24, 2.45) is 10.8 Å². The first-order valence-electron chi connectivity index (χ1n) is 6.98. The van der Waals surface area contributed by atoms with Crippen LogP contribution < -0.4 is 11.2 Å². The number of hydrogen-bond acceptors (Lipinski definition) is 10. The Labute approximate surface area is 136 Å². The maximum Gasteiger partial charge on any atom is 0.472 e. The van der Waals surface area contributed by atoms with Crippen molar-refractivity contribution in [1.29, 1.82) is 0 Å². The molecule has 1 amide bonds. The molecule has 0 spiro atoms. The first kappa shape index (κ1) is 18.9. The van der Waals surface area contributed by atoms with Crippen LogP contribution in [0, 0.1) is 0 Å². The van der Waals surface area contributed by atoms with Gasteiger partial charge >= 0.3 is 7.82 Å². The molecule has 2 heterocycles. The Bertz CT molecular complexity index is 597. The van der Waals surface area contributed by atoms with E-state index in [9.17, 15) is 29.3 Å². The fraction of sp³-hybridized carbons (Fsp3) is 0.727. The van der Waals surface area contributed by atoms with Gasteiger partial charge in [0.2, 0.25) is 11.7 Å². The smallest absolute Gasteiger partial charge is 0.387 e. The van der Waals surface area contributed by atoms with Crippen molar-refractivity contribution >= 4 is 25.2 Å². The zero-order chi connectivity index (χ0) is 18.1. The molecule has 0 saturated carbocycles. The average Bonchev–Trinajstić information content (AvgIpc) is 2.99. The highest BCUT2D eigenvalue weighted by atomic mass is 31.2. The number of nitrogens with zero attached hydrogens (tertiary/aromatic N) is 1. The van der Waals surface area contributed by atoms with Crippen LogP contribution in [0.15, 0.2) is 5.10 Å². The molecule has 136 valence electrons. The number of ether oxygens (including phenoxy) is 1. The molecule has 0 bridgehead atoms. The monoisotopic (exact) mass is 367 g/mol. The number of amides is 1. The van der Waals surface area contributed by atoms with E-state index < -0.39 is 56.6 Å². The summed E-state index contributed by atoms with van der Waals surface area (Å²) in [7, 11) is -4.31. The molecule has 12 nitrogen and oxygen atoms in total. The number of phosphoric acid groups is 1. The van der Waals surface area contributed by atoms with Gasteiger partial charge in [0.05, 0.1) is 13.2 Å². The van der Waals surface area contributed by atoms with Gasteiger partial charge in [-0.15, -0.1) is 0 Å². The normalized spacial score (nSPS) is 35.4. The molecule has 0 aromatic carbocycles. The van der Waals surface area contributed by atoms with Gasteiger partial charge in [0, 0.05) is 0 Å². The quantitative estimate of drug-likeness (QED) is 0.229. The molecule has 0 aliphatic carbocycles. The van der Waals surface area contributed by atoms with E-state index in [0.29, 0.717) is 0 Å². The number of primary amides is 1. The third-order valence-electron chi connectivity index (χ3n) is 3.44. The van der Waals surface area contributed by atoms with Crippen LogP contribution in [0.2, 0.25) is 0 Å². The van der Waals surface area contributed by atoms with E-state index in [1.807, 2.05) is 0 Å². The summed E-state index contributed by atoms with van der Waals surface area (Å²) in [4.78, 5) is 32.4. The van der Waals surface area contributed by atoms with Gasteiger partial charge in [-0.1, -0.05) is 0 Å². The summed E-state index contributed by atoms with van der Waals surface area (Å²) in [6.45, 7) is 0.841. The number of phosphoric ester groups is 1. The maximum atomic E-state index is 12.0. The molecule has 1 saturated heterocycles. The molecule has 6 N–H and O–H groups in total. The molecule has 2 unspecified atom stereocenters. The number of nitrogens with two attached hydrogens (primary N) is 1. The fourth-order valence-electron chi connectivity index (χ4n) is 2.27. The molecule has 0 aromatic rings. The van der Waals surface area contributed by atoms with E-state index in [-0.39, 0.29) is 12.3 Å².